The minimum Gasteiger partial charge on any atom is -0.369 e. The Hall–Kier alpha value is -1.44. The molecule has 7 heteroatoms. The van der Waals surface area contributed by atoms with Gasteiger partial charge in [-0.25, -0.2) is 18.5 Å². The number of hydrogen-bond acceptors (Lipinski definition) is 4. The first-order chi connectivity index (χ1) is 9.47. The number of benzene rings is 1. The average molecular weight is 356 g/mol. The molecule has 5 nitrogen and oxygen atoms in total. The molecule has 1 aromatic heterocycles. The molecule has 0 aliphatic rings. The number of aromatic nitrogens is 1. The maximum atomic E-state index is 11.1. The van der Waals surface area contributed by atoms with Crippen LogP contribution in [0.25, 0.3) is 0 Å². The number of sulfonamides is 1. The third kappa shape index (κ3) is 4.03. The predicted octanol–water partition coefficient (Wildman–Crippen LogP) is 2.15. The molecule has 0 saturated carbocycles. The lowest BCUT2D eigenvalue weighted by Crippen LogP contribution is -2.12. The van der Waals surface area contributed by atoms with Crippen LogP contribution in [0, 0.1) is 0 Å². The van der Waals surface area contributed by atoms with Gasteiger partial charge >= 0.3 is 0 Å². The number of nitrogens with two attached hydrogens (primary N) is 1. The normalized spacial score (nSPS) is 11.3. The molecule has 3 N–H and O–H groups in total. The van der Waals surface area contributed by atoms with Crippen LogP contribution in [0.5, 0.6) is 0 Å². The molecule has 0 saturated heterocycles. The van der Waals surface area contributed by atoms with Crippen molar-refractivity contribution in [2.45, 2.75) is 11.3 Å². The molecule has 0 aliphatic carbocycles. The molecule has 0 aliphatic heterocycles. The predicted molar refractivity (Wildman–Crippen MR) is 81.9 cm³/mol. The summed E-state index contributed by atoms with van der Waals surface area (Å²) >= 11 is 3.41. The standard InChI is InChI=1S/C13H14BrN3O2S/c14-12-2-1-8-16-13(12)17-9-7-10-3-5-11(6-4-10)20(15,18)19/h1-6,8H,7,9H2,(H,16,17)(H2,15,18,19). The van der Waals surface area contributed by atoms with Gasteiger partial charge in [0.05, 0.1) is 9.37 Å². The Morgan fingerprint density at radius 3 is 2.50 bits per heavy atom. The maximum Gasteiger partial charge on any atom is 0.238 e. The fourth-order valence-electron chi connectivity index (χ4n) is 1.69. The van der Waals surface area contributed by atoms with Gasteiger partial charge in [0.25, 0.3) is 0 Å². The van der Waals surface area contributed by atoms with E-state index in [1.807, 2.05) is 12.1 Å². The van der Waals surface area contributed by atoms with Crippen molar-refractivity contribution in [1.29, 1.82) is 0 Å². The second kappa shape index (κ2) is 6.34. The Bertz CT molecular complexity index is 687. The van der Waals surface area contributed by atoms with Gasteiger partial charge in [-0.15, -0.1) is 0 Å². The van der Waals surface area contributed by atoms with Crippen molar-refractivity contribution in [3.05, 3.63) is 52.6 Å². The highest BCUT2D eigenvalue weighted by atomic mass is 79.9. The number of rotatable bonds is 5. The smallest absolute Gasteiger partial charge is 0.238 e. The second-order valence-corrected chi connectivity index (χ2v) is 6.62. The van der Waals surface area contributed by atoms with Crippen LogP contribution < -0.4 is 10.5 Å². The van der Waals surface area contributed by atoms with E-state index in [0.29, 0.717) is 6.54 Å². The lowest BCUT2D eigenvalue weighted by Gasteiger charge is -2.07. The summed E-state index contributed by atoms with van der Waals surface area (Å²) in [5.41, 5.74) is 1.02. The van der Waals surface area contributed by atoms with E-state index in [4.69, 9.17) is 5.14 Å². The highest BCUT2D eigenvalue weighted by Gasteiger charge is 2.06. The van der Waals surface area contributed by atoms with Crippen molar-refractivity contribution in [3.8, 4) is 0 Å². The molecule has 0 bridgehead atoms. The van der Waals surface area contributed by atoms with E-state index >= 15 is 0 Å². The van der Waals surface area contributed by atoms with Crippen molar-refractivity contribution in [3.63, 3.8) is 0 Å². The molecular formula is C13H14BrN3O2S. The highest BCUT2D eigenvalue weighted by molar-refractivity contribution is 9.10. The quantitative estimate of drug-likeness (QED) is 0.860. The van der Waals surface area contributed by atoms with E-state index < -0.39 is 10.0 Å². The molecule has 1 aromatic carbocycles. The van der Waals surface area contributed by atoms with E-state index in [2.05, 4.69) is 26.2 Å². The first-order valence-electron chi connectivity index (χ1n) is 5.93. The Kier molecular flexibility index (Phi) is 4.74. The van der Waals surface area contributed by atoms with Crippen LogP contribution in [-0.4, -0.2) is 19.9 Å². The summed E-state index contributed by atoms with van der Waals surface area (Å²) < 4.78 is 23.2. The summed E-state index contributed by atoms with van der Waals surface area (Å²) in [4.78, 5) is 4.33. The number of hydrogen-bond donors (Lipinski definition) is 2. The number of anilines is 1. The van der Waals surface area contributed by atoms with Gasteiger partial charge in [0.2, 0.25) is 10.0 Å². The fraction of sp³-hybridized carbons (Fsp3) is 0.154. The Balaban J connectivity index is 1.94. The number of pyridine rings is 1. The highest BCUT2D eigenvalue weighted by Crippen LogP contribution is 2.18. The Morgan fingerprint density at radius 2 is 1.90 bits per heavy atom. The monoisotopic (exact) mass is 355 g/mol. The number of nitrogens with one attached hydrogen (secondary N) is 1. The summed E-state index contributed by atoms with van der Waals surface area (Å²) in [5.74, 6) is 0.786. The Morgan fingerprint density at radius 1 is 1.20 bits per heavy atom. The first kappa shape index (κ1) is 15.0. The zero-order valence-electron chi connectivity index (χ0n) is 10.6. The van der Waals surface area contributed by atoms with E-state index in [-0.39, 0.29) is 4.90 Å². The summed E-state index contributed by atoms with van der Waals surface area (Å²) in [5, 5.41) is 8.25. The molecular weight excluding hydrogens is 342 g/mol. The molecule has 0 spiro atoms. The number of nitrogens with zero attached hydrogens (tertiary/aromatic N) is 1. The van der Waals surface area contributed by atoms with Crippen molar-refractivity contribution in [2.24, 2.45) is 5.14 Å². The van der Waals surface area contributed by atoms with Crippen LogP contribution >= 0.6 is 15.9 Å². The molecule has 1 heterocycles. The molecule has 0 atom stereocenters. The van der Waals surface area contributed by atoms with Gasteiger partial charge in [0.1, 0.15) is 5.82 Å². The summed E-state index contributed by atoms with van der Waals surface area (Å²) in [6.07, 6.45) is 2.47. The average Bonchev–Trinajstić information content (AvgIpc) is 2.40. The van der Waals surface area contributed by atoms with Gasteiger partial charge in [-0.1, -0.05) is 12.1 Å². The zero-order chi connectivity index (χ0) is 14.6. The second-order valence-electron chi connectivity index (χ2n) is 4.20. The van der Waals surface area contributed by atoms with E-state index in [1.54, 1.807) is 18.3 Å². The summed E-state index contributed by atoms with van der Waals surface area (Å²) in [6, 6.07) is 10.3. The fourth-order valence-corrected chi connectivity index (χ4v) is 2.60. The van der Waals surface area contributed by atoms with Gasteiger partial charge in [-0.05, 0) is 52.2 Å². The van der Waals surface area contributed by atoms with Gasteiger partial charge in [-0.2, -0.15) is 0 Å². The topological polar surface area (TPSA) is 85.1 Å². The van der Waals surface area contributed by atoms with Crippen LogP contribution in [0.1, 0.15) is 5.56 Å². The van der Waals surface area contributed by atoms with Crippen LogP contribution in [0.4, 0.5) is 5.82 Å². The minimum absolute atomic E-state index is 0.127. The van der Waals surface area contributed by atoms with Gasteiger partial charge in [0.15, 0.2) is 0 Å². The third-order valence-electron chi connectivity index (χ3n) is 2.72. The zero-order valence-corrected chi connectivity index (χ0v) is 13.0. The maximum absolute atomic E-state index is 11.1. The van der Waals surface area contributed by atoms with Crippen molar-refractivity contribution in [2.75, 3.05) is 11.9 Å². The minimum atomic E-state index is -3.62. The largest absolute Gasteiger partial charge is 0.369 e. The van der Waals surface area contributed by atoms with Crippen LogP contribution in [0.2, 0.25) is 0 Å². The third-order valence-corrected chi connectivity index (χ3v) is 4.29. The van der Waals surface area contributed by atoms with Gasteiger partial charge < -0.3 is 5.32 Å². The van der Waals surface area contributed by atoms with E-state index in [9.17, 15) is 8.42 Å². The number of halogens is 1. The van der Waals surface area contributed by atoms with Gasteiger partial charge in [0, 0.05) is 12.7 Å². The van der Waals surface area contributed by atoms with Crippen LogP contribution in [0.15, 0.2) is 52.0 Å². The van der Waals surface area contributed by atoms with E-state index in [1.165, 1.54) is 12.1 Å². The first-order valence-corrected chi connectivity index (χ1v) is 8.27. The van der Waals surface area contributed by atoms with E-state index in [0.717, 1.165) is 22.3 Å². The molecule has 0 radical (unpaired) electrons. The molecule has 2 rings (SSSR count). The number of primary sulfonamides is 1. The molecule has 2 aromatic rings. The SMILES string of the molecule is NS(=O)(=O)c1ccc(CCNc2ncccc2Br)cc1. The molecule has 20 heavy (non-hydrogen) atoms. The molecule has 106 valence electrons. The van der Waals surface area contributed by atoms with Crippen LogP contribution in [0.3, 0.4) is 0 Å². The molecule has 0 amide bonds. The lowest BCUT2D eigenvalue weighted by atomic mass is 10.1. The molecule has 0 fully saturated rings. The summed E-state index contributed by atoms with van der Waals surface area (Å²) in [7, 11) is -3.62. The Labute approximate surface area is 126 Å². The van der Waals surface area contributed by atoms with Gasteiger partial charge in [-0.3, -0.25) is 0 Å². The summed E-state index contributed by atoms with van der Waals surface area (Å²) in [6.45, 7) is 0.699. The van der Waals surface area contributed by atoms with Crippen molar-refractivity contribution in [1.82, 2.24) is 4.98 Å². The molecule has 0 unspecified atom stereocenters. The van der Waals surface area contributed by atoms with Crippen molar-refractivity contribution < 1.29 is 8.42 Å². The lowest BCUT2D eigenvalue weighted by molar-refractivity contribution is 0.598. The van der Waals surface area contributed by atoms with Crippen LogP contribution in [-0.2, 0) is 16.4 Å². The van der Waals surface area contributed by atoms with Crippen molar-refractivity contribution >= 4 is 31.8 Å².